The summed E-state index contributed by atoms with van der Waals surface area (Å²) in [6.45, 7) is 4.16. The van der Waals surface area contributed by atoms with Crippen LogP contribution in [0, 0.1) is 6.92 Å². The number of benzene rings is 3. The zero-order valence-corrected chi connectivity index (χ0v) is 22.4. The van der Waals surface area contributed by atoms with Crippen LogP contribution in [0.25, 0.3) is 0 Å². The summed E-state index contributed by atoms with van der Waals surface area (Å²) in [6, 6.07) is 24.9. The summed E-state index contributed by atoms with van der Waals surface area (Å²) in [5.74, 6) is -0.719. The number of anilines is 1. The molecule has 0 aliphatic carbocycles. The lowest BCUT2D eigenvalue weighted by atomic mass is 10.0. The Morgan fingerprint density at radius 1 is 0.892 bits per heavy atom. The van der Waals surface area contributed by atoms with Gasteiger partial charge in [-0.05, 0) is 42.2 Å². The highest BCUT2D eigenvalue weighted by Gasteiger charge is 2.33. The van der Waals surface area contributed by atoms with Crippen molar-refractivity contribution in [2.75, 3.05) is 23.7 Å². The molecule has 2 amide bonds. The highest BCUT2D eigenvalue weighted by atomic mass is 32.2. The van der Waals surface area contributed by atoms with E-state index in [-0.39, 0.29) is 12.5 Å². The van der Waals surface area contributed by atoms with Crippen molar-refractivity contribution in [2.45, 2.75) is 39.3 Å². The Hall–Kier alpha value is -3.65. The predicted molar refractivity (Wildman–Crippen MR) is 148 cm³/mol. The van der Waals surface area contributed by atoms with E-state index in [9.17, 15) is 18.0 Å². The third-order valence-corrected chi connectivity index (χ3v) is 7.29. The standard InChI is InChI=1S/C29H35N3O4S/c1-4-19-30-29(34)27(20-24-14-7-5-8-15-24)31(21-25-16-12-11-13-23(25)2)28(33)22-32(37(3,35)36)26-17-9-6-10-18-26/h5-18,27H,4,19-22H2,1-3H3,(H,30,34). The van der Waals surface area contributed by atoms with E-state index < -0.39 is 28.5 Å². The molecule has 1 atom stereocenters. The second-order valence-electron chi connectivity index (χ2n) is 9.05. The molecule has 0 bridgehead atoms. The van der Waals surface area contributed by atoms with E-state index in [1.807, 2.05) is 68.4 Å². The van der Waals surface area contributed by atoms with E-state index in [0.717, 1.165) is 33.7 Å². The molecule has 0 radical (unpaired) electrons. The quantitative estimate of drug-likeness (QED) is 0.391. The van der Waals surface area contributed by atoms with Crippen molar-refractivity contribution >= 4 is 27.5 Å². The van der Waals surface area contributed by atoms with Crippen molar-refractivity contribution in [3.63, 3.8) is 0 Å². The highest BCUT2D eigenvalue weighted by molar-refractivity contribution is 7.92. The fourth-order valence-corrected chi connectivity index (χ4v) is 4.95. The molecule has 37 heavy (non-hydrogen) atoms. The minimum atomic E-state index is -3.76. The van der Waals surface area contributed by atoms with E-state index in [1.54, 1.807) is 30.3 Å². The van der Waals surface area contributed by atoms with Gasteiger partial charge in [0.1, 0.15) is 12.6 Å². The van der Waals surface area contributed by atoms with Crippen LogP contribution >= 0.6 is 0 Å². The summed E-state index contributed by atoms with van der Waals surface area (Å²) in [6.07, 6.45) is 2.14. The van der Waals surface area contributed by atoms with Gasteiger partial charge in [-0.25, -0.2) is 8.42 Å². The van der Waals surface area contributed by atoms with E-state index in [4.69, 9.17) is 0 Å². The first-order valence-corrected chi connectivity index (χ1v) is 14.2. The molecule has 0 aliphatic heterocycles. The first-order valence-electron chi connectivity index (χ1n) is 12.4. The van der Waals surface area contributed by atoms with E-state index in [0.29, 0.717) is 18.7 Å². The smallest absolute Gasteiger partial charge is 0.244 e. The number of para-hydroxylation sites is 1. The van der Waals surface area contributed by atoms with E-state index in [1.165, 1.54) is 4.90 Å². The molecule has 0 heterocycles. The van der Waals surface area contributed by atoms with Crippen LogP contribution in [0.15, 0.2) is 84.9 Å². The molecule has 1 unspecified atom stereocenters. The first-order chi connectivity index (χ1) is 17.7. The lowest BCUT2D eigenvalue weighted by molar-refractivity contribution is -0.140. The third kappa shape index (κ3) is 7.92. The van der Waals surface area contributed by atoms with Crippen molar-refractivity contribution in [1.82, 2.24) is 10.2 Å². The van der Waals surface area contributed by atoms with E-state index in [2.05, 4.69) is 5.32 Å². The van der Waals surface area contributed by atoms with E-state index >= 15 is 0 Å². The Morgan fingerprint density at radius 3 is 2.08 bits per heavy atom. The minimum Gasteiger partial charge on any atom is -0.354 e. The molecule has 8 heteroatoms. The maximum absolute atomic E-state index is 13.9. The average molecular weight is 522 g/mol. The van der Waals surface area contributed by atoms with Gasteiger partial charge in [-0.1, -0.05) is 79.7 Å². The number of amides is 2. The fourth-order valence-electron chi connectivity index (χ4n) is 4.10. The number of hydrogen-bond acceptors (Lipinski definition) is 4. The van der Waals surface area contributed by atoms with Gasteiger partial charge < -0.3 is 10.2 Å². The largest absolute Gasteiger partial charge is 0.354 e. The van der Waals surface area contributed by atoms with Crippen LogP contribution < -0.4 is 9.62 Å². The molecule has 3 aromatic rings. The molecule has 3 rings (SSSR count). The van der Waals surface area contributed by atoms with Crippen LogP contribution in [0.2, 0.25) is 0 Å². The molecule has 0 saturated carbocycles. The van der Waals surface area contributed by atoms with Gasteiger partial charge in [0.2, 0.25) is 21.8 Å². The highest BCUT2D eigenvalue weighted by Crippen LogP contribution is 2.21. The molecule has 0 aliphatic rings. The van der Waals surface area contributed by atoms with Gasteiger partial charge in [-0.15, -0.1) is 0 Å². The molecule has 7 nitrogen and oxygen atoms in total. The number of carbonyl (C=O) groups is 2. The Bertz CT molecular complexity index is 1280. The molecular weight excluding hydrogens is 486 g/mol. The summed E-state index contributed by atoms with van der Waals surface area (Å²) < 4.78 is 26.5. The third-order valence-electron chi connectivity index (χ3n) is 6.15. The fraction of sp³-hybridized carbons (Fsp3) is 0.310. The zero-order valence-electron chi connectivity index (χ0n) is 21.6. The number of sulfonamides is 1. The van der Waals surface area contributed by atoms with Crippen molar-refractivity contribution in [2.24, 2.45) is 0 Å². The molecule has 3 aromatic carbocycles. The van der Waals surface area contributed by atoms with Crippen molar-refractivity contribution in [3.8, 4) is 0 Å². The lowest BCUT2D eigenvalue weighted by Crippen LogP contribution is -2.53. The monoisotopic (exact) mass is 521 g/mol. The number of nitrogens with one attached hydrogen (secondary N) is 1. The van der Waals surface area contributed by atoms with Crippen LogP contribution in [0.4, 0.5) is 5.69 Å². The zero-order chi connectivity index (χ0) is 26.8. The Labute approximate surface area is 220 Å². The van der Waals surface area contributed by atoms with Gasteiger partial charge in [0, 0.05) is 19.5 Å². The number of hydrogen-bond donors (Lipinski definition) is 1. The molecule has 1 N–H and O–H groups in total. The van der Waals surface area contributed by atoms with Crippen LogP contribution in [0.1, 0.15) is 30.0 Å². The average Bonchev–Trinajstić information content (AvgIpc) is 2.89. The molecule has 0 aromatic heterocycles. The molecule has 0 spiro atoms. The normalized spacial score (nSPS) is 12.0. The van der Waals surface area contributed by atoms with Gasteiger partial charge in [-0.3, -0.25) is 13.9 Å². The van der Waals surface area contributed by atoms with Crippen molar-refractivity contribution in [3.05, 3.63) is 102 Å². The van der Waals surface area contributed by atoms with Gasteiger partial charge in [0.15, 0.2) is 0 Å². The van der Waals surface area contributed by atoms with Gasteiger partial charge in [-0.2, -0.15) is 0 Å². The molecule has 196 valence electrons. The van der Waals surface area contributed by atoms with Gasteiger partial charge >= 0.3 is 0 Å². The van der Waals surface area contributed by atoms with Crippen LogP contribution in [0.5, 0.6) is 0 Å². The second kappa shape index (κ2) is 13.1. The summed E-state index contributed by atoms with van der Waals surface area (Å²) in [4.78, 5) is 28.9. The first kappa shape index (κ1) is 27.9. The summed E-state index contributed by atoms with van der Waals surface area (Å²) in [5.41, 5.74) is 3.17. The second-order valence-corrected chi connectivity index (χ2v) is 11.0. The molecule has 0 fully saturated rings. The van der Waals surface area contributed by atoms with Crippen LogP contribution in [0.3, 0.4) is 0 Å². The van der Waals surface area contributed by atoms with Crippen molar-refractivity contribution in [1.29, 1.82) is 0 Å². The SMILES string of the molecule is CCCNC(=O)C(Cc1ccccc1)N(Cc1ccccc1C)C(=O)CN(c1ccccc1)S(C)(=O)=O. The number of aryl methyl sites for hydroxylation is 1. The Kier molecular flexibility index (Phi) is 9.85. The summed E-state index contributed by atoms with van der Waals surface area (Å²) >= 11 is 0. The van der Waals surface area contributed by atoms with Gasteiger partial charge in [0.05, 0.1) is 11.9 Å². The molecular formula is C29H35N3O4S. The summed E-state index contributed by atoms with van der Waals surface area (Å²) in [5, 5.41) is 2.94. The topological polar surface area (TPSA) is 86.8 Å². The lowest BCUT2D eigenvalue weighted by Gasteiger charge is -2.33. The number of carbonyl (C=O) groups excluding carboxylic acids is 2. The van der Waals surface area contributed by atoms with Crippen LogP contribution in [-0.2, 0) is 32.6 Å². The number of rotatable bonds is 12. The number of nitrogens with zero attached hydrogens (tertiary/aromatic N) is 2. The Morgan fingerprint density at radius 2 is 1.49 bits per heavy atom. The summed E-state index contributed by atoms with van der Waals surface area (Å²) in [7, 11) is -3.76. The van der Waals surface area contributed by atoms with Gasteiger partial charge in [0.25, 0.3) is 0 Å². The predicted octanol–water partition coefficient (Wildman–Crippen LogP) is 3.93. The van der Waals surface area contributed by atoms with Crippen molar-refractivity contribution < 1.29 is 18.0 Å². The molecule has 0 saturated heterocycles. The minimum absolute atomic E-state index is 0.176. The maximum atomic E-state index is 13.9. The Balaban J connectivity index is 2.03. The maximum Gasteiger partial charge on any atom is 0.244 e. The van der Waals surface area contributed by atoms with Crippen LogP contribution in [-0.4, -0.2) is 50.5 Å².